The van der Waals surface area contributed by atoms with Gasteiger partial charge in [-0.15, -0.1) is 0 Å². The number of ether oxygens (including phenoxy) is 2. The minimum atomic E-state index is -0.529. The Kier molecular flexibility index (Phi) is 5.55. The molecule has 18 heavy (non-hydrogen) atoms. The number of hydrogen-bond donors (Lipinski definition) is 1. The van der Waals surface area contributed by atoms with E-state index in [0.717, 1.165) is 26.3 Å². The van der Waals surface area contributed by atoms with Crippen LogP contribution < -0.4 is 5.32 Å². The smallest absolute Gasteiger partial charge is 0.412 e. The fourth-order valence-corrected chi connectivity index (χ4v) is 1.49. The van der Waals surface area contributed by atoms with Crippen LogP contribution in [0.1, 0.15) is 20.8 Å². The Hall–Kier alpha value is -1.14. The Balaban J connectivity index is 2.32. The molecule has 1 aliphatic rings. The first-order valence-corrected chi connectivity index (χ1v) is 6.31. The first-order chi connectivity index (χ1) is 8.37. The van der Waals surface area contributed by atoms with Crippen molar-refractivity contribution in [3.05, 3.63) is 12.3 Å². The predicted octanol–water partition coefficient (Wildman–Crippen LogP) is 1.68. The molecule has 0 spiro atoms. The molecule has 0 aromatic carbocycles. The van der Waals surface area contributed by atoms with Crippen LogP contribution in [0.2, 0.25) is 0 Å². The van der Waals surface area contributed by atoms with E-state index < -0.39 is 11.7 Å². The van der Waals surface area contributed by atoms with Gasteiger partial charge in [0.1, 0.15) is 10.6 Å². The number of amides is 1. The summed E-state index contributed by atoms with van der Waals surface area (Å²) in [5.74, 6) is 0. The van der Waals surface area contributed by atoms with Gasteiger partial charge in [0.2, 0.25) is 0 Å². The van der Waals surface area contributed by atoms with Crippen molar-refractivity contribution in [2.75, 3.05) is 26.3 Å². The molecule has 1 heterocycles. The Labute approximate surface area is 113 Å². The number of hydrogen-bond acceptors (Lipinski definition) is 5. The molecule has 1 aliphatic heterocycles. The van der Waals surface area contributed by atoms with Crippen molar-refractivity contribution in [3.63, 3.8) is 0 Å². The monoisotopic (exact) mass is 272 g/mol. The molecule has 0 aromatic heterocycles. The second-order valence-corrected chi connectivity index (χ2v) is 5.40. The van der Waals surface area contributed by atoms with Gasteiger partial charge in [-0.2, -0.15) is 0 Å². The maximum Gasteiger partial charge on any atom is 0.412 e. The number of carbonyl (C=O) groups excluding carboxylic acids is 1. The minimum absolute atomic E-state index is 0.343. The normalized spacial score (nSPS) is 16.7. The summed E-state index contributed by atoms with van der Waals surface area (Å²) in [6.45, 7) is 8.53. The Morgan fingerprint density at radius 2 is 2.00 bits per heavy atom. The Morgan fingerprint density at radius 1 is 1.39 bits per heavy atom. The van der Waals surface area contributed by atoms with Gasteiger partial charge in [-0.05, 0) is 26.8 Å². The molecule has 0 bridgehead atoms. The first kappa shape index (κ1) is 14.9. The molecule has 1 fully saturated rings. The van der Waals surface area contributed by atoms with Crippen LogP contribution in [0, 0.1) is 0 Å². The van der Waals surface area contributed by atoms with E-state index in [1.165, 1.54) is 0 Å². The lowest BCUT2D eigenvalue weighted by Gasteiger charge is -2.25. The van der Waals surface area contributed by atoms with Crippen LogP contribution in [-0.2, 0) is 9.47 Å². The van der Waals surface area contributed by atoms with E-state index in [-0.39, 0.29) is 0 Å². The fraction of sp³-hybridized carbons (Fsp3) is 0.667. The van der Waals surface area contributed by atoms with Gasteiger partial charge in [0.15, 0.2) is 0 Å². The van der Waals surface area contributed by atoms with E-state index in [4.69, 9.17) is 21.7 Å². The minimum Gasteiger partial charge on any atom is -0.444 e. The average Bonchev–Trinajstić information content (AvgIpc) is 2.25. The molecule has 1 amide bonds. The number of rotatable bonds is 2. The zero-order valence-corrected chi connectivity index (χ0v) is 11.9. The van der Waals surface area contributed by atoms with Crippen molar-refractivity contribution in [2.24, 2.45) is 0 Å². The SMILES string of the molecule is CC(C)(C)OC(=O)NC(=S)/C=C/N1CCOCC1. The lowest BCUT2D eigenvalue weighted by Crippen LogP contribution is -2.35. The molecule has 0 aliphatic carbocycles. The van der Waals surface area contributed by atoms with Gasteiger partial charge < -0.3 is 14.4 Å². The summed E-state index contributed by atoms with van der Waals surface area (Å²) in [5, 5.41) is 2.50. The summed E-state index contributed by atoms with van der Waals surface area (Å²) in [5.41, 5.74) is -0.520. The number of alkyl carbamates (subject to hydrolysis) is 1. The zero-order chi connectivity index (χ0) is 13.6. The topological polar surface area (TPSA) is 50.8 Å². The summed E-state index contributed by atoms with van der Waals surface area (Å²) >= 11 is 5.03. The summed E-state index contributed by atoms with van der Waals surface area (Å²) in [6, 6.07) is 0. The maximum atomic E-state index is 11.4. The molecule has 1 N–H and O–H groups in total. The zero-order valence-electron chi connectivity index (χ0n) is 11.1. The van der Waals surface area contributed by atoms with Crippen molar-refractivity contribution < 1.29 is 14.3 Å². The number of nitrogens with zero attached hydrogens (tertiary/aromatic N) is 1. The molecule has 0 radical (unpaired) electrons. The second kappa shape index (κ2) is 6.70. The van der Waals surface area contributed by atoms with Gasteiger partial charge in [-0.25, -0.2) is 4.79 Å². The molecular weight excluding hydrogens is 252 g/mol. The highest BCUT2D eigenvalue weighted by atomic mass is 32.1. The van der Waals surface area contributed by atoms with E-state index in [0.29, 0.717) is 4.99 Å². The quantitative estimate of drug-likeness (QED) is 0.612. The van der Waals surface area contributed by atoms with Gasteiger partial charge in [0, 0.05) is 19.3 Å². The summed E-state index contributed by atoms with van der Waals surface area (Å²) < 4.78 is 10.3. The van der Waals surface area contributed by atoms with Crippen molar-refractivity contribution in [2.45, 2.75) is 26.4 Å². The maximum absolute atomic E-state index is 11.4. The van der Waals surface area contributed by atoms with E-state index in [1.807, 2.05) is 6.20 Å². The molecule has 6 heteroatoms. The third kappa shape index (κ3) is 6.56. The molecule has 102 valence electrons. The number of thiocarbonyl (C=S) groups is 1. The number of carbonyl (C=O) groups is 1. The van der Waals surface area contributed by atoms with Crippen LogP contribution in [-0.4, -0.2) is 47.9 Å². The fourth-order valence-electron chi connectivity index (χ4n) is 1.35. The molecule has 0 unspecified atom stereocenters. The molecule has 1 saturated heterocycles. The van der Waals surface area contributed by atoms with E-state index in [9.17, 15) is 4.79 Å². The number of morpholine rings is 1. The molecule has 1 rings (SSSR count). The highest BCUT2D eigenvalue weighted by molar-refractivity contribution is 7.80. The van der Waals surface area contributed by atoms with Crippen LogP contribution in [0.15, 0.2) is 12.3 Å². The average molecular weight is 272 g/mol. The van der Waals surface area contributed by atoms with Gasteiger partial charge >= 0.3 is 6.09 Å². The highest BCUT2D eigenvalue weighted by Crippen LogP contribution is 2.06. The van der Waals surface area contributed by atoms with Crippen molar-refractivity contribution >= 4 is 23.3 Å². The van der Waals surface area contributed by atoms with Crippen LogP contribution in [0.4, 0.5) is 4.79 Å². The van der Waals surface area contributed by atoms with Crippen LogP contribution in [0.5, 0.6) is 0 Å². The second-order valence-electron chi connectivity index (χ2n) is 4.96. The predicted molar refractivity (Wildman–Crippen MR) is 73.5 cm³/mol. The van der Waals surface area contributed by atoms with Gasteiger partial charge in [-0.1, -0.05) is 12.2 Å². The van der Waals surface area contributed by atoms with E-state index in [1.54, 1.807) is 26.8 Å². The molecule has 0 aromatic rings. The third-order valence-corrected chi connectivity index (χ3v) is 2.34. The van der Waals surface area contributed by atoms with Crippen molar-refractivity contribution in [1.82, 2.24) is 10.2 Å². The summed E-state index contributed by atoms with van der Waals surface area (Å²) in [4.78, 5) is 13.9. The van der Waals surface area contributed by atoms with Gasteiger partial charge in [0.05, 0.1) is 13.2 Å². The van der Waals surface area contributed by atoms with E-state index >= 15 is 0 Å². The lowest BCUT2D eigenvalue weighted by molar-refractivity contribution is 0.0562. The summed E-state index contributed by atoms with van der Waals surface area (Å²) in [7, 11) is 0. The molecule has 5 nitrogen and oxygen atoms in total. The van der Waals surface area contributed by atoms with Crippen molar-refractivity contribution in [1.29, 1.82) is 0 Å². The van der Waals surface area contributed by atoms with Gasteiger partial charge in [-0.3, -0.25) is 5.32 Å². The Bertz CT molecular complexity index is 331. The molecule has 0 atom stereocenters. The highest BCUT2D eigenvalue weighted by Gasteiger charge is 2.16. The Morgan fingerprint density at radius 3 is 2.56 bits per heavy atom. The molecule has 0 saturated carbocycles. The number of nitrogens with one attached hydrogen (secondary N) is 1. The van der Waals surface area contributed by atoms with Crippen LogP contribution in [0.25, 0.3) is 0 Å². The first-order valence-electron chi connectivity index (χ1n) is 5.91. The lowest BCUT2D eigenvalue weighted by atomic mass is 10.2. The van der Waals surface area contributed by atoms with Gasteiger partial charge in [0.25, 0.3) is 0 Å². The van der Waals surface area contributed by atoms with E-state index in [2.05, 4.69) is 10.2 Å². The standard InChI is InChI=1S/C12H20N2O3S/c1-12(2,3)17-11(15)13-10(18)4-5-14-6-8-16-9-7-14/h4-5H,6-9H2,1-3H3,(H,13,15,18)/b5-4+. The largest absolute Gasteiger partial charge is 0.444 e. The van der Waals surface area contributed by atoms with Crippen LogP contribution >= 0.6 is 12.2 Å². The third-order valence-electron chi connectivity index (χ3n) is 2.11. The van der Waals surface area contributed by atoms with Crippen molar-refractivity contribution in [3.8, 4) is 0 Å². The van der Waals surface area contributed by atoms with Crippen LogP contribution in [0.3, 0.4) is 0 Å². The summed E-state index contributed by atoms with van der Waals surface area (Å²) in [6.07, 6.45) is 3.02. The molecular formula is C12H20N2O3S.